The van der Waals surface area contributed by atoms with Crippen LogP contribution < -0.4 is 5.56 Å². The number of nitrogens with zero attached hydrogens (tertiary/aromatic N) is 3. The van der Waals surface area contributed by atoms with Gasteiger partial charge in [0.25, 0.3) is 5.56 Å². The Balaban J connectivity index is 1.72. The molecule has 0 amide bonds. The number of likely N-dealkylation sites (tertiary alicyclic amines) is 1. The second-order valence-electron chi connectivity index (χ2n) is 8.31. The number of furan rings is 1. The Morgan fingerprint density at radius 2 is 2.09 bits per heavy atom. The van der Waals surface area contributed by atoms with Crippen LogP contribution in [-0.4, -0.2) is 45.2 Å². The average Bonchev–Trinajstić information content (AvgIpc) is 3.34. The SMILES string of the molecule is CCOC(=O)C1CCN(C(c2cccnc2)c2c(O)cc(C)n(Cc3ccco3)c2=O)CC1. The molecule has 3 aromatic rings. The van der Waals surface area contributed by atoms with Gasteiger partial charge >= 0.3 is 5.97 Å². The number of carbonyl (C=O) groups is 1. The minimum Gasteiger partial charge on any atom is -0.507 e. The van der Waals surface area contributed by atoms with Gasteiger partial charge in [-0.2, -0.15) is 0 Å². The summed E-state index contributed by atoms with van der Waals surface area (Å²) < 4.78 is 12.3. The Morgan fingerprint density at radius 1 is 1.30 bits per heavy atom. The summed E-state index contributed by atoms with van der Waals surface area (Å²) in [6, 6.07) is 8.46. The fraction of sp³-hybridized carbons (Fsp3) is 0.400. The van der Waals surface area contributed by atoms with Gasteiger partial charge in [0, 0.05) is 18.1 Å². The number of aromatic nitrogens is 2. The van der Waals surface area contributed by atoms with Crippen molar-refractivity contribution in [2.45, 2.75) is 39.3 Å². The summed E-state index contributed by atoms with van der Waals surface area (Å²) in [4.78, 5) is 32.3. The van der Waals surface area contributed by atoms with Gasteiger partial charge in [0.15, 0.2) is 0 Å². The Morgan fingerprint density at radius 3 is 2.73 bits per heavy atom. The highest BCUT2D eigenvalue weighted by molar-refractivity contribution is 5.72. The van der Waals surface area contributed by atoms with Crippen LogP contribution in [-0.2, 0) is 16.1 Å². The second-order valence-corrected chi connectivity index (χ2v) is 8.31. The number of rotatable bonds is 7. The molecule has 4 rings (SSSR count). The number of aryl methyl sites for hydroxylation is 1. The van der Waals surface area contributed by atoms with E-state index in [1.54, 1.807) is 49.2 Å². The van der Waals surface area contributed by atoms with E-state index in [-0.39, 0.29) is 29.7 Å². The zero-order chi connectivity index (χ0) is 23.4. The lowest BCUT2D eigenvalue weighted by Gasteiger charge is -2.37. The lowest BCUT2D eigenvalue weighted by atomic mass is 9.91. The van der Waals surface area contributed by atoms with Crippen LogP contribution in [0.3, 0.4) is 0 Å². The number of esters is 1. The van der Waals surface area contributed by atoms with Crippen molar-refractivity contribution >= 4 is 5.97 Å². The first-order valence-corrected chi connectivity index (χ1v) is 11.3. The lowest BCUT2D eigenvalue weighted by molar-refractivity contribution is -0.149. The Labute approximate surface area is 192 Å². The number of piperidine rings is 1. The predicted octanol–water partition coefficient (Wildman–Crippen LogP) is 3.26. The van der Waals surface area contributed by atoms with Crippen LogP contribution in [0, 0.1) is 12.8 Å². The fourth-order valence-corrected chi connectivity index (χ4v) is 4.53. The highest BCUT2D eigenvalue weighted by Gasteiger charge is 2.34. The standard InChI is InChI=1S/C25H29N3O5/c1-3-32-25(31)18-8-11-27(12-9-18)23(19-6-4-10-26-15-19)22-21(29)14-17(2)28(24(22)30)16-20-7-5-13-33-20/h4-7,10,13-15,18,23,29H,3,8-9,11-12,16H2,1-2H3. The van der Waals surface area contributed by atoms with E-state index < -0.39 is 6.04 Å². The highest BCUT2D eigenvalue weighted by atomic mass is 16.5. The van der Waals surface area contributed by atoms with E-state index in [1.807, 2.05) is 18.2 Å². The molecule has 8 nitrogen and oxygen atoms in total. The molecule has 0 saturated carbocycles. The molecule has 3 aromatic heterocycles. The summed E-state index contributed by atoms with van der Waals surface area (Å²) in [6.07, 6.45) is 6.23. The number of pyridine rings is 2. The molecule has 0 aromatic carbocycles. The molecule has 1 N–H and O–H groups in total. The molecule has 1 saturated heterocycles. The first-order valence-electron chi connectivity index (χ1n) is 11.3. The van der Waals surface area contributed by atoms with E-state index in [2.05, 4.69) is 9.88 Å². The van der Waals surface area contributed by atoms with Gasteiger partial charge in [-0.05, 0) is 69.6 Å². The van der Waals surface area contributed by atoms with Crippen molar-refractivity contribution in [2.75, 3.05) is 19.7 Å². The molecule has 33 heavy (non-hydrogen) atoms. The van der Waals surface area contributed by atoms with Crippen LogP contribution in [0.5, 0.6) is 5.75 Å². The molecule has 1 aliphatic rings. The van der Waals surface area contributed by atoms with Crippen molar-refractivity contribution in [3.05, 3.63) is 81.9 Å². The first kappa shape index (κ1) is 22.8. The third-order valence-electron chi connectivity index (χ3n) is 6.21. The number of carbonyl (C=O) groups excluding carboxylic acids is 1. The number of hydrogen-bond donors (Lipinski definition) is 1. The molecular weight excluding hydrogens is 422 g/mol. The molecule has 1 fully saturated rings. The number of hydrogen-bond acceptors (Lipinski definition) is 7. The van der Waals surface area contributed by atoms with Gasteiger partial charge in [-0.15, -0.1) is 0 Å². The Hall–Kier alpha value is -3.39. The van der Waals surface area contributed by atoms with Crippen molar-refractivity contribution in [1.82, 2.24) is 14.5 Å². The molecule has 174 valence electrons. The maximum absolute atomic E-state index is 13.7. The Bertz CT molecular complexity index is 1130. The highest BCUT2D eigenvalue weighted by Crippen LogP contribution is 2.35. The molecule has 4 heterocycles. The zero-order valence-electron chi connectivity index (χ0n) is 18.9. The van der Waals surface area contributed by atoms with Crippen LogP contribution in [0.25, 0.3) is 0 Å². The molecule has 0 bridgehead atoms. The van der Waals surface area contributed by atoms with Gasteiger partial charge < -0.3 is 18.8 Å². The summed E-state index contributed by atoms with van der Waals surface area (Å²) in [5.74, 6) is 0.284. The fourth-order valence-electron chi connectivity index (χ4n) is 4.53. The van der Waals surface area contributed by atoms with E-state index in [4.69, 9.17) is 9.15 Å². The monoisotopic (exact) mass is 451 g/mol. The molecule has 8 heteroatoms. The molecule has 1 aliphatic heterocycles. The zero-order valence-corrected chi connectivity index (χ0v) is 18.9. The van der Waals surface area contributed by atoms with Gasteiger partial charge in [-0.25, -0.2) is 0 Å². The minimum atomic E-state index is -0.488. The van der Waals surface area contributed by atoms with Crippen LogP contribution in [0.1, 0.15) is 48.4 Å². The smallest absolute Gasteiger partial charge is 0.309 e. The topological polar surface area (TPSA) is 97.8 Å². The van der Waals surface area contributed by atoms with E-state index in [0.29, 0.717) is 49.6 Å². The van der Waals surface area contributed by atoms with Gasteiger partial charge in [-0.1, -0.05) is 6.07 Å². The lowest BCUT2D eigenvalue weighted by Crippen LogP contribution is -2.42. The minimum absolute atomic E-state index is 0.0467. The average molecular weight is 452 g/mol. The largest absolute Gasteiger partial charge is 0.507 e. The molecule has 1 atom stereocenters. The maximum Gasteiger partial charge on any atom is 0.309 e. The number of ether oxygens (including phenoxy) is 1. The van der Waals surface area contributed by atoms with Crippen molar-refractivity contribution in [1.29, 1.82) is 0 Å². The van der Waals surface area contributed by atoms with E-state index >= 15 is 0 Å². The van der Waals surface area contributed by atoms with Gasteiger partial charge in [0.1, 0.15) is 11.5 Å². The molecule has 0 aliphatic carbocycles. The molecule has 1 unspecified atom stereocenters. The maximum atomic E-state index is 13.7. The Kier molecular flexibility index (Phi) is 6.93. The quantitative estimate of drug-likeness (QED) is 0.551. The van der Waals surface area contributed by atoms with Crippen molar-refractivity contribution < 1.29 is 19.1 Å². The van der Waals surface area contributed by atoms with Crippen molar-refractivity contribution in [3.8, 4) is 5.75 Å². The summed E-state index contributed by atoms with van der Waals surface area (Å²) in [7, 11) is 0. The summed E-state index contributed by atoms with van der Waals surface area (Å²) >= 11 is 0. The molecular formula is C25H29N3O5. The van der Waals surface area contributed by atoms with Crippen LogP contribution >= 0.6 is 0 Å². The normalized spacial score (nSPS) is 15.9. The van der Waals surface area contributed by atoms with Gasteiger partial charge in [-0.3, -0.25) is 19.5 Å². The summed E-state index contributed by atoms with van der Waals surface area (Å²) in [6.45, 7) is 5.42. The molecule has 0 radical (unpaired) electrons. The first-order chi connectivity index (χ1) is 16.0. The van der Waals surface area contributed by atoms with E-state index in [9.17, 15) is 14.7 Å². The van der Waals surface area contributed by atoms with Crippen LogP contribution in [0.2, 0.25) is 0 Å². The molecule has 0 spiro atoms. The van der Waals surface area contributed by atoms with Gasteiger partial charge in [0.2, 0.25) is 0 Å². The van der Waals surface area contributed by atoms with Crippen molar-refractivity contribution in [2.24, 2.45) is 5.92 Å². The van der Waals surface area contributed by atoms with E-state index in [1.165, 1.54) is 0 Å². The van der Waals surface area contributed by atoms with Crippen molar-refractivity contribution in [3.63, 3.8) is 0 Å². The van der Waals surface area contributed by atoms with Crippen LogP contribution in [0.4, 0.5) is 0 Å². The van der Waals surface area contributed by atoms with Gasteiger partial charge in [0.05, 0.1) is 36.9 Å². The second kappa shape index (κ2) is 10.0. The summed E-state index contributed by atoms with van der Waals surface area (Å²) in [5.41, 5.74) is 1.48. The summed E-state index contributed by atoms with van der Waals surface area (Å²) in [5, 5.41) is 10.9. The third kappa shape index (κ3) is 4.85. The third-order valence-corrected chi connectivity index (χ3v) is 6.21. The number of aromatic hydroxyl groups is 1. The predicted molar refractivity (Wildman–Crippen MR) is 122 cm³/mol. The van der Waals surface area contributed by atoms with Crippen LogP contribution in [0.15, 0.2) is 58.2 Å². The van der Waals surface area contributed by atoms with E-state index in [0.717, 1.165) is 5.56 Å².